The van der Waals surface area contributed by atoms with Crippen molar-refractivity contribution in [2.75, 3.05) is 13.7 Å². The largest absolute Gasteiger partial charge is 0.494 e. The zero-order chi connectivity index (χ0) is 13.1. The van der Waals surface area contributed by atoms with Gasteiger partial charge in [-0.15, -0.1) is 0 Å². The van der Waals surface area contributed by atoms with Crippen molar-refractivity contribution >= 4 is 11.6 Å². The Hall–Kier alpha value is -1.35. The zero-order valence-corrected chi connectivity index (χ0v) is 11.8. The molecule has 4 heteroatoms. The molecule has 1 unspecified atom stereocenters. The van der Waals surface area contributed by atoms with Gasteiger partial charge in [-0.2, -0.15) is 0 Å². The van der Waals surface area contributed by atoms with Crippen molar-refractivity contribution in [3.63, 3.8) is 0 Å². The molecule has 0 N–H and O–H groups in total. The minimum Gasteiger partial charge on any atom is -0.494 e. The topological polar surface area (TPSA) is 15.7 Å². The van der Waals surface area contributed by atoms with Crippen molar-refractivity contribution in [1.29, 1.82) is 0 Å². The molecule has 0 fully saturated rings. The lowest BCUT2D eigenvalue weighted by Crippen LogP contribution is -2.33. The molecule has 1 aromatic carbocycles. The molecule has 0 spiro atoms. The highest BCUT2D eigenvalue weighted by Gasteiger charge is 2.19. The molecule has 98 valence electrons. The summed E-state index contributed by atoms with van der Waals surface area (Å²) in [5, 5.41) is 0.760. The fourth-order valence-corrected chi connectivity index (χ4v) is 2.20. The van der Waals surface area contributed by atoms with Gasteiger partial charge in [-0.05, 0) is 31.5 Å². The summed E-state index contributed by atoms with van der Waals surface area (Å²) in [5.74, 6) is 0.827. The lowest BCUT2D eigenvalue weighted by atomic mass is 10.2. The van der Waals surface area contributed by atoms with Gasteiger partial charge in [0.2, 0.25) is 0 Å². The molecule has 0 bridgehead atoms. The van der Waals surface area contributed by atoms with E-state index in [1.165, 1.54) is 0 Å². The first-order valence-electron chi connectivity index (χ1n) is 6.19. The Kier molecular flexibility index (Phi) is 4.02. The Balaban J connectivity index is 2.08. The molecule has 1 aromatic rings. The predicted molar refractivity (Wildman–Crippen MR) is 74.5 cm³/mol. The first-order chi connectivity index (χ1) is 8.61. The van der Waals surface area contributed by atoms with E-state index in [0.29, 0.717) is 12.8 Å². The molecule has 3 nitrogen and oxygen atoms in total. The summed E-state index contributed by atoms with van der Waals surface area (Å²) in [5.41, 5.74) is 1.12. The van der Waals surface area contributed by atoms with Crippen LogP contribution in [0, 0.1) is 0 Å². The van der Waals surface area contributed by atoms with E-state index in [1.54, 1.807) is 0 Å². The van der Waals surface area contributed by atoms with Crippen LogP contribution in [0.4, 0.5) is 0 Å². The molecule has 1 aliphatic heterocycles. The van der Waals surface area contributed by atoms with Gasteiger partial charge in [0.15, 0.2) is 0 Å². The van der Waals surface area contributed by atoms with Crippen molar-refractivity contribution in [3.8, 4) is 5.75 Å². The second kappa shape index (κ2) is 5.53. The molecule has 0 aliphatic carbocycles. The Morgan fingerprint density at radius 3 is 2.67 bits per heavy atom. The third-order valence-corrected chi connectivity index (χ3v) is 3.60. The SMILES string of the molecule is CCOc1ccc(CN2C=CN(C)C2C)c(Cl)c1. The minimum absolute atomic E-state index is 0.368. The Morgan fingerprint density at radius 2 is 2.11 bits per heavy atom. The highest BCUT2D eigenvalue weighted by Crippen LogP contribution is 2.26. The molecule has 0 amide bonds. The summed E-state index contributed by atoms with van der Waals surface area (Å²) in [4.78, 5) is 4.42. The van der Waals surface area contributed by atoms with Crippen LogP contribution >= 0.6 is 11.6 Å². The smallest absolute Gasteiger partial charge is 0.120 e. The van der Waals surface area contributed by atoms with E-state index >= 15 is 0 Å². The maximum atomic E-state index is 6.28. The van der Waals surface area contributed by atoms with Gasteiger partial charge in [0.25, 0.3) is 0 Å². The van der Waals surface area contributed by atoms with E-state index in [9.17, 15) is 0 Å². The fourth-order valence-electron chi connectivity index (χ4n) is 1.97. The average Bonchev–Trinajstić information content (AvgIpc) is 2.65. The van der Waals surface area contributed by atoms with Crippen LogP contribution in [0.3, 0.4) is 0 Å². The number of rotatable bonds is 4. The van der Waals surface area contributed by atoms with Gasteiger partial charge in [-0.25, -0.2) is 0 Å². The van der Waals surface area contributed by atoms with Gasteiger partial charge in [-0.3, -0.25) is 0 Å². The molecule has 2 rings (SSSR count). The summed E-state index contributed by atoms with van der Waals surface area (Å²) < 4.78 is 5.43. The van der Waals surface area contributed by atoms with Gasteiger partial charge < -0.3 is 14.5 Å². The quantitative estimate of drug-likeness (QED) is 0.832. The molecule has 0 saturated carbocycles. The van der Waals surface area contributed by atoms with Crippen molar-refractivity contribution in [2.45, 2.75) is 26.6 Å². The van der Waals surface area contributed by atoms with E-state index in [0.717, 1.165) is 22.9 Å². The Labute approximate surface area is 114 Å². The Bertz CT molecular complexity index is 447. The summed E-state index contributed by atoms with van der Waals surface area (Å²) in [6.45, 7) is 5.61. The van der Waals surface area contributed by atoms with E-state index in [-0.39, 0.29) is 0 Å². The lowest BCUT2D eigenvalue weighted by Gasteiger charge is -2.27. The zero-order valence-electron chi connectivity index (χ0n) is 11.1. The molecule has 1 atom stereocenters. The standard InChI is InChI=1S/C14H19ClN2O/c1-4-18-13-6-5-12(14(15)9-13)10-17-8-7-16(3)11(17)2/h5-9,11H,4,10H2,1-3H3. The summed E-state index contributed by atoms with van der Waals surface area (Å²) in [7, 11) is 2.07. The van der Waals surface area contributed by atoms with Crippen molar-refractivity contribution in [1.82, 2.24) is 9.80 Å². The molecule has 0 saturated heterocycles. The molecule has 0 aromatic heterocycles. The number of benzene rings is 1. The van der Waals surface area contributed by atoms with Crippen LogP contribution in [0.25, 0.3) is 0 Å². The number of hydrogen-bond acceptors (Lipinski definition) is 3. The highest BCUT2D eigenvalue weighted by molar-refractivity contribution is 6.31. The van der Waals surface area contributed by atoms with Crippen molar-refractivity contribution < 1.29 is 4.74 Å². The van der Waals surface area contributed by atoms with Crippen LogP contribution in [0.15, 0.2) is 30.6 Å². The van der Waals surface area contributed by atoms with Gasteiger partial charge >= 0.3 is 0 Å². The minimum atomic E-state index is 0.368. The van der Waals surface area contributed by atoms with Gasteiger partial charge in [0.05, 0.1) is 12.8 Å². The second-order valence-corrected chi connectivity index (χ2v) is 4.86. The van der Waals surface area contributed by atoms with Gasteiger partial charge in [0.1, 0.15) is 5.75 Å². The molecular weight excluding hydrogens is 248 g/mol. The normalized spacial score (nSPS) is 18.6. The summed E-state index contributed by atoms with van der Waals surface area (Å²) in [6, 6.07) is 5.89. The molecule has 18 heavy (non-hydrogen) atoms. The number of nitrogens with zero attached hydrogens (tertiary/aromatic N) is 2. The maximum absolute atomic E-state index is 6.28. The second-order valence-electron chi connectivity index (χ2n) is 4.45. The van der Waals surface area contributed by atoms with E-state index in [1.807, 2.05) is 25.1 Å². The van der Waals surface area contributed by atoms with Gasteiger partial charge in [-0.1, -0.05) is 17.7 Å². The fraction of sp³-hybridized carbons (Fsp3) is 0.429. The highest BCUT2D eigenvalue weighted by atomic mass is 35.5. The van der Waals surface area contributed by atoms with Crippen LogP contribution in [0.1, 0.15) is 19.4 Å². The van der Waals surface area contributed by atoms with E-state index in [2.05, 4.69) is 36.2 Å². The lowest BCUT2D eigenvalue weighted by molar-refractivity contribution is 0.189. The van der Waals surface area contributed by atoms with Gasteiger partial charge in [0, 0.05) is 31.0 Å². The molecule has 1 heterocycles. The van der Waals surface area contributed by atoms with E-state index in [4.69, 9.17) is 16.3 Å². The first-order valence-corrected chi connectivity index (χ1v) is 6.57. The molecular formula is C14H19ClN2O. The molecule has 0 radical (unpaired) electrons. The monoisotopic (exact) mass is 266 g/mol. The molecule has 1 aliphatic rings. The number of halogens is 1. The summed E-state index contributed by atoms with van der Waals surface area (Å²) in [6.07, 6.45) is 4.54. The van der Waals surface area contributed by atoms with Crippen LogP contribution in [-0.4, -0.2) is 29.6 Å². The van der Waals surface area contributed by atoms with E-state index < -0.39 is 0 Å². The maximum Gasteiger partial charge on any atom is 0.120 e. The van der Waals surface area contributed by atoms with Crippen molar-refractivity contribution in [3.05, 3.63) is 41.2 Å². The summed E-state index contributed by atoms with van der Waals surface area (Å²) >= 11 is 6.28. The van der Waals surface area contributed by atoms with Crippen LogP contribution in [0.5, 0.6) is 5.75 Å². The Morgan fingerprint density at radius 1 is 1.33 bits per heavy atom. The first kappa shape index (κ1) is 13.1. The van der Waals surface area contributed by atoms with Crippen molar-refractivity contribution in [2.24, 2.45) is 0 Å². The average molecular weight is 267 g/mol. The number of hydrogen-bond donors (Lipinski definition) is 0. The van der Waals surface area contributed by atoms with Crippen LogP contribution in [-0.2, 0) is 6.54 Å². The van der Waals surface area contributed by atoms with Crippen LogP contribution in [0.2, 0.25) is 5.02 Å². The van der Waals surface area contributed by atoms with Crippen LogP contribution < -0.4 is 4.74 Å². The number of ether oxygens (including phenoxy) is 1. The third kappa shape index (κ3) is 2.72. The predicted octanol–water partition coefficient (Wildman–Crippen LogP) is 3.30. The third-order valence-electron chi connectivity index (χ3n) is 3.25.